The lowest BCUT2D eigenvalue weighted by Crippen LogP contribution is -2.45. The van der Waals surface area contributed by atoms with E-state index >= 15 is 0 Å². The minimum absolute atomic E-state index is 0.0421. The summed E-state index contributed by atoms with van der Waals surface area (Å²) in [6.45, 7) is 8.76. The van der Waals surface area contributed by atoms with Crippen LogP contribution in [0.15, 0.2) is 66.7 Å². The lowest BCUT2D eigenvalue weighted by molar-refractivity contribution is 0.0108. The molecule has 0 unspecified atom stereocenters. The van der Waals surface area contributed by atoms with E-state index in [-0.39, 0.29) is 23.3 Å². The van der Waals surface area contributed by atoms with E-state index in [0.29, 0.717) is 44.0 Å². The molecule has 1 N–H and O–H groups in total. The summed E-state index contributed by atoms with van der Waals surface area (Å²) in [4.78, 5) is 26.3. The average Bonchev–Trinajstić information content (AvgIpc) is 2.92. The molecule has 41 heavy (non-hydrogen) atoms. The molecule has 0 saturated carbocycles. The van der Waals surface area contributed by atoms with Crippen LogP contribution < -0.4 is 14.2 Å². The fourth-order valence-corrected chi connectivity index (χ4v) is 4.48. The van der Waals surface area contributed by atoms with Crippen molar-refractivity contribution in [2.24, 2.45) is 5.92 Å². The highest BCUT2D eigenvalue weighted by atomic mass is 19.1. The van der Waals surface area contributed by atoms with E-state index in [1.807, 2.05) is 58.0 Å². The van der Waals surface area contributed by atoms with Crippen LogP contribution in [0, 0.1) is 11.7 Å². The van der Waals surface area contributed by atoms with Gasteiger partial charge in [0.1, 0.15) is 46.1 Å². The maximum absolute atomic E-state index is 13.5. The van der Waals surface area contributed by atoms with E-state index in [9.17, 15) is 19.1 Å². The van der Waals surface area contributed by atoms with E-state index in [4.69, 9.17) is 18.9 Å². The molecular formula is C32H36FNO7. The molecule has 0 spiro atoms. The van der Waals surface area contributed by atoms with Crippen LogP contribution >= 0.6 is 0 Å². The number of ether oxygens (including phenoxy) is 4. The van der Waals surface area contributed by atoms with Crippen LogP contribution in [0.1, 0.15) is 50.0 Å². The highest BCUT2D eigenvalue weighted by molar-refractivity contribution is 5.91. The second-order valence-corrected chi connectivity index (χ2v) is 11.2. The van der Waals surface area contributed by atoms with Crippen molar-refractivity contribution >= 4 is 12.1 Å². The number of benzene rings is 3. The van der Waals surface area contributed by atoms with Gasteiger partial charge in [0.2, 0.25) is 0 Å². The molecule has 0 radical (unpaired) electrons. The molecule has 1 amide bonds. The highest BCUT2D eigenvalue weighted by Crippen LogP contribution is 2.34. The molecule has 218 valence electrons. The summed E-state index contributed by atoms with van der Waals surface area (Å²) in [6.07, 6.45) is 0.665. The van der Waals surface area contributed by atoms with Gasteiger partial charge in [-0.25, -0.2) is 14.0 Å². The summed E-state index contributed by atoms with van der Waals surface area (Å²) in [5.41, 5.74) is -0.00329. The van der Waals surface area contributed by atoms with Gasteiger partial charge in [-0.2, -0.15) is 0 Å². The number of carboxylic acid groups (broad SMARTS) is 1. The third-order valence-corrected chi connectivity index (χ3v) is 6.35. The summed E-state index contributed by atoms with van der Waals surface area (Å²) in [5, 5.41) is 9.39. The van der Waals surface area contributed by atoms with Crippen molar-refractivity contribution in [1.29, 1.82) is 0 Å². The van der Waals surface area contributed by atoms with Gasteiger partial charge in [0.05, 0.1) is 13.2 Å². The van der Waals surface area contributed by atoms with Crippen LogP contribution in [-0.4, -0.2) is 53.5 Å². The molecule has 0 fully saturated rings. The molecule has 8 nitrogen and oxygen atoms in total. The van der Waals surface area contributed by atoms with Crippen LogP contribution in [0.5, 0.6) is 23.0 Å². The molecule has 9 heteroatoms. The summed E-state index contributed by atoms with van der Waals surface area (Å²) < 4.78 is 37.1. The molecule has 0 aromatic heterocycles. The van der Waals surface area contributed by atoms with E-state index in [0.717, 1.165) is 23.4 Å². The fraction of sp³-hybridized carbons (Fsp3) is 0.375. The largest absolute Gasteiger partial charge is 0.493 e. The minimum atomic E-state index is -1.28. The zero-order valence-corrected chi connectivity index (χ0v) is 23.8. The zero-order valence-electron chi connectivity index (χ0n) is 23.8. The number of para-hydroxylation sites is 1. The number of amides is 1. The number of aromatic carboxylic acids is 1. The van der Waals surface area contributed by atoms with Crippen molar-refractivity contribution in [1.82, 2.24) is 4.90 Å². The van der Waals surface area contributed by atoms with E-state index in [2.05, 4.69) is 0 Å². The van der Waals surface area contributed by atoms with Crippen molar-refractivity contribution < 1.29 is 38.0 Å². The standard InChI is InChI=1S/C32H36FNO7/c1-21(20-38-24-8-6-5-7-9-24)18-34(31(37)41-32(2,3)4)19-26-12-10-22-16-25(13-15-28(22)40-26)39-29-14-11-23(33)17-27(29)30(35)36/h5-9,11,13-17,21,26H,10,12,18-20H2,1-4H3,(H,35,36)/t21-,26+/m0/s1. The van der Waals surface area contributed by atoms with Crippen LogP contribution in [0.25, 0.3) is 0 Å². The van der Waals surface area contributed by atoms with Crippen LogP contribution in [0.3, 0.4) is 0 Å². The molecule has 3 aromatic carbocycles. The lowest BCUT2D eigenvalue weighted by Gasteiger charge is -2.34. The number of carbonyl (C=O) groups excluding carboxylic acids is 1. The summed E-state index contributed by atoms with van der Waals surface area (Å²) in [7, 11) is 0. The maximum atomic E-state index is 13.5. The molecular weight excluding hydrogens is 529 g/mol. The van der Waals surface area contributed by atoms with Crippen molar-refractivity contribution in [3.8, 4) is 23.0 Å². The Morgan fingerprint density at radius 1 is 1.07 bits per heavy atom. The normalized spacial score (nSPS) is 15.2. The maximum Gasteiger partial charge on any atom is 0.410 e. The zero-order chi connectivity index (χ0) is 29.6. The van der Waals surface area contributed by atoms with Crippen molar-refractivity contribution in [2.75, 3.05) is 19.7 Å². The van der Waals surface area contributed by atoms with Crippen molar-refractivity contribution in [3.63, 3.8) is 0 Å². The number of carbonyl (C=O) groups is 2. The number of carboxylic acids is 1. The van der Waals surface area contributed by atoms with Gasteiger partial charge < -0.3 is 29.0 Å². The number of hydrogen-bond acceptors (Lipinski definition) is 6. The Morgan fingerprint density at radius 3 is 2.54 bits per heavy atom. The molecule has 4 rings (SSSR count). The van der Waals surface area contributed by atoms with Crippen LogP contribution in [0.2, 0.25) is 0 Å². The molecule has 0 saturated heterocycles. The molecule has 0 bridgehead atoms. The quantitative estimate of drug-likeness (QED) is 0.284. The summed E-state index contributed by atoms with van der Waals surface area (Å²) in [6, 6.07) is 18.1. The predicted octanol–water partition coefficient (Wildman–Crippen LogP) is 6.96. The Hall–Kier alpha value is -4.27. The second kappa shape index (κ2) is 12.9. The molecule has 2 atom stereocenters. The van der Waals surface area contributed by atoms with Crippen LogP contribution in [-0.2, 0) is 11.2 Å². The Labute approximate surface area is 239 Å². The van der Waals surface area contributed by atoms with Gasteiger partial charge in [-0.05, 0) is 87.7 Å². The van der Waals surface area contributed by atoms with Gasteiger partial charge in [-0.3, -0.25) is 0 Å². The smallest absolute Gasteiger partial charge is 0.410 e. The first-order valence-corrected chi connectivity index (χ1v) is 13.6. The predicted molar refractivity (Wildman–Crippen MR) is 152 cm³/mol. The first kappa shape index (κ1) is 29.7. The summed E-state index contributed by atoms with van der Waals surface area (Å²) in [5.74, 6) is 0.0141. The average molecular weight is 566 g/mol. The van der Waals surface area contributed by atoms with Gasteiger partial charge in [-0.1, -0.05) is 25.1 Å². The number of nitrogens with zero attached hydrogens (tertiary/aromatic N) is 1. The lowest BCUT2D eigenvalue weighted by atomic mass is 10.0. The number of halogens is 1. The van der Waals surface area contributed by atoms with Gasteiger partial charge in [0.15, 0.2) is 0 Å². The Bertz CT molecular complexity index is 1360. The van der Waals surface area contributed by atoms with Gasteiger partial charge in [0, 0.05) is 12.5 Å². The van der Waals surface area contributed by atoms with E-state index < -0.39 is 23.5 Å². The summed E-state index contributed by atoms with van der Waals surface area (Å²) >= 11 is 0. The number of rotatable bonds is 10. The molecule has 3 aromatic rings. The van der Waals surface area contributed by atoms with E-state index in [1.165, 1.54) is 6.07 Å². The topological polar surface area (TPSA) is 94.5 Å². The highest BCUT2D eigenvalue weighted by Gasteiger charge is 2.29. The van der Waals surface area contributed by atoms with Crippen molar-refractivity contribution in [3.05, 3.63) is 83.7 Å². The van der Waals surface area contributed by atoms with E-state index in [1.54, 1.807) is 23.1 Å². The monoisotopic (exact) mass is 565 g/mol. The molecule has 0 aliphatic carbocycles. The first-order chi connectivity index (χ1) is 19.5. The molecule has 1 heterocycles. The molecule has 1 aliphatic rings. The van der Waals surface area contributed by atoms with Crippen molar-refractivity contribution in [2.45, 2.75) is 52.2 Å². The Kier molecular flexibility index (Phi) is 9.37. The Morgan fingerprint density at radius 2 is 1.83 bits per heavy atom. The van der Waals surface area contributed by atoms with Crippen LogP contribution in [0.4, 0.5) is 9.18 Å². The number of aryl methyl sites for hydroxylation is 1. The van der Waals surface area contributed by atoms with Gasteiger partial charge in [0.25, 0.3) is 0 Å². The minimum Gasteiger partial charge on any atom is -0.493 e. The number of fused-ring (bicyclic) bond motifs is 1. The second-order valence-electron chi connectivity index (χ2n) is 11.2. The molecule has 1 aliphatic heterocycles. The van der Waals surface area contributed by atoms with Gasteiger partial charge >= 0.3 is 12.1 Å². The number of hydrogen-bond donors (Lipinski definition) is 1. The Balaban J connectivity index is 1.41. The first-order valence-electron chi connectivity index (χ1n) is 13.6. The third-order valence-electron chi connectivity index (χ3n) is 6.35. The third kappa shape index (κ3) is 8.61. The SMILES string of the molecule is C[C@H](COc1ccccc1)CN(C[C@H]1CCc2cc(Oc3ccc(F)cc3C(=O)O)ccc2O1)C(=O)OC(C)(C)C. The van der Waals surface area contributed by atoms with Gasteiger partial charge in [-0.15, -0.1) is 0 Å². The fourth-order valence-electron chi connectivity index (χ4n) is 4.48.